The zero-order chi connectivity index (χ0) is 13.1. The second-order valence-electron chi connectivity index (χ2n) is 4.42. The van der Waals surface area contributed by atoms with Gasteiger partial charge in [-0.25, -0.2) is 0 Å². The lowest BCUT2D eigenvalue weighted by molar-refractivity contribution is 0.451. The van der Waals surface area contributed by atoms with Gasteiger partial charge >= 0.3 is 0 Å². The van der Waals surface area contributed by atoms with E-state index in [9.17, 15) is 5.11 Å². The van der Waals surface area contributed by atoms with Crippen molar-refractivity contribution in [2.45, 2.75) is 6.42 Å². The summed E-state index contributed by atoms with van der Waals surface area (Å²) in [5, 5.41) is 9.91. The van der Waals surface area contributed by atoms with E-state index in [1.807, 2.05) is 60.7 Å². The van der Waals surface area contributed by atoms with Gasteiger partial charge in [0, 0.05) is 12.0 Å². The molecule has 0 saturated carbocycles. The number of aromatic amines is 1. The zero-order valence-corrected chi connectivity index (χ0v) is 10.4. The molecule has 3 nitrogen and oxygen atoms in total. The van der Waals surface area contributed by atoms with Crippen molar-refractivity contribution in [3.63, 3.8) is 0 Å². The zero-order valence-electron chi connectivity index (χ0n) is 10.4. The summed E-state index contributed by atoms with van der Waals surface area (Å²) < 4.78 is 0. The first-order valence-corrected chi connectivity index (χ1v) is 6.20. The van der Waals surface area contributed by atoms with Crippen LogP contribution in [0.15, 0.2) is 60.7 Å². The molecule has 0 bridgehead atoms. The topological polar surface area (TPSA) is 48.9 Å². The van der Waals surface area contributed by atoms with E-state index in [1.165, 1.54) is 0 Å². The van der Waals surface area contributed by atoms with Gasteiger partial charge in [0.1, 0.15) is 5.82 Å². The summed E-state index contributed by atoms with van der Waals surface area (Å²) in [5.41, 5.74) is 2.85. The minimum atomic E-state index is 0.0720. The first-order chi connectivity index (χ1) is 9.33. The summed E-state index contributed by atoms with van der Waals surface area (Å²) in [6, 6.07) is 19.8. The van der Waals surface area contributed by atoms with Gasteiger partial charge in [-0.2, -0.15) is 4.98 Å². The maximum absolute atomic E-state index is 9.91. The van der Waals surface area contributed by atoms with Crippen molar-refractivity contribution >= 4 is 0 Å². The monoisotopic (exact) mass is 250 g/mol. The molecular weight excluding hydrogens is 236 g/mol. The Bertz CT molecular complexity index is 660. The number of rotatable bonds is 3. The van der Waals surface area contributed by atoms with Crippen LogP contribution in [0.3, 0.4) is 0 Å². The summed E-state index contributed by atoms with van der Waals surface area (Å²) >= 11 is 0. The lowest BCUT2D eigenvalue weighted by atomic mass is 10.1. The normalized spacial score (nSPS) is 10.5. The van der Waals surface area contributed by atoms with Gasteiger partial charge in [-0.3, -0.25) is 0 Å². The number of benzene rings is 2. The van der Waals surface area contributed by atoms with Crippen LogP contribution in [-0.2, 0) is 6.42 Å². The van der Waals surface area contributed by atoms with E-state index in [0.29, 0.717) is 12.2 Å². The molecule has 0 aliphatic carbocycles. The van der Waals surface area contributed by atoms with E-state index in [0.717, 1.165) is 16.8 Å². The summed E-state index contributed by atoms with van der Waals surface area (Å²) in [5.74, 6) is 0.770. The highest BCUT2D eigenvalue weighted by molar-refractivity contribution is 5.56. The molecule has 0 amide bonds. The van der Waals surface area contributed by atoms with Crippen LogP contribution in [0.5, 0.6) is 5.88 Å². The molecule has 19 heavy (non-hydrogen) atoms. The molecule has 0 atom stereocenters. The Morgan fingerprint density at radius 1 is 0.895 bits per heavy atom. The molecular formula is C16H14N2O. The van der Waals surface area contributed by atoms with Crippen molar-refractivity contribution in [2.75, 3.05) is 0 Å². The molecule has 1 heterocycles. The Balaban J connectivity index is 1.90. The Kier molecular flexibility index (Phi) is 3.02. The fraction of sp³-hybridized carbons (Fsp3) is 0.0625. The molecule has 3 aromatic rings. The smallest absolute Gasteiger partial charge is 0.233 e. The van der Waals surface area contributed by atoms with Crippen LogP contribution in [-0.4, -0.2) is 15.1 Å². The average molecular weight is 250 g/mol. The molecule has 2 aromatic carbocycles. The third kappa shape index (κ3) is 2.50. The second-order valence-corrected chi connectivity index (χ2v) is 4.42. The fourth-order valence-corrected chi connectivity index (χ4v) is 2.06. The van der Waals surface area contributed by atoms with Crippen molar-refractivity contribution in [3.8, 4) is 17.3 Å². The van der Waals surface area contributed by atoms with Gasteiger partial charge in [0.2, 0.25) is 5.88 Å². The quantitative estimate of drug-likeness (QED) is 0.748. The largest absolute Gasteiger partial charge is 0.492 e. The van der Waals surface area contributed by atoms with Crippen LogP contribution < -0.4 is 0 Å². The van der Waals surface area contributed by atoms with Crippen LogP contribution in [0.4, 0.5) is 0 Å². The number of imidazole rings is 1. The minimum Gasteiger partial charge on any atom is -0.492 e. The van der Waals surface area contributed by atoms with Crippen LogP contribution in [0.2, 0.25) is 0 Å². The SMILES string of the molecule is Oc1nc(-c2ccccc2)[nH]c1Cc1ccccc1. The average Bonchev–Trinajstić information content (AvgIpc) is 2.82. The number of nitrogens with zero attached hydrogens (tertiary/aromatic N) is 1. The number of hydrogen-bond acceptors (Lipinski definition) is 2. The summed E-state index contributed by atoms with van der Waals surface area (Å²) in [6.45, 7) is 0. The maximum atomic E-state index is 9.91. The van der Waals surface area contributed by atoms with Crippen LogP contribution in [0.25, 0.3) is 11.4 Å². The number of hydrogen-bond donors (Lipinski definition) is 2. The standard InChI is InChI=1S/C16H14N2O/c19-16-14(11-12-7-3-1-4-8-12)17-15(18-16)13-9-5-2-6-10-13/h1-10,19H,11H2,(H,17,18). The fourth-order valence-electron chi connectivity index (χ4n) is 2.06. The second kappa shape index (κ2) is 4.98. The Labute approximate surface area is 111 Å². The van der Waals surface area contributed by atoms with Crippen LogP contribution in [0, 0.1) is 0 Å². The van der Waals surface area contributed by atoms with Gasteiger partial charge in [-0.1, -0.05) is 60.7 Å². The summed E-state index contributed by atoms with van der Waals surface area (Å²) in [6.07, 6.45) is 0.645. The van der Waals surface area contributed by atoms with Gasteiger partial charge in [-0.15, -0.1) is 0 Å². The van der Waals surface area contributed by atoms with Crippen molar-refractivity contribution in [3.05, 3.63) is 71.9 Å². The number of H-pyrrole nitrogens is 1. The molecule has 2 N–H and O–H groups in total. The Hall–Kier alpha value is -2.55. The van der Waals surface area contributed by atoms with Crippen molar-refractivity contribution in [2.24, 2.45) is 0 Å². The van der Waals surface area contributed by atoms with Gasteiger partial charge in [0.25, 0.3) is 0 Å². The molecule has 0 radical (unpaired) electrons. The molecule has 0 fully saturated rings. The summed E-state index contributed by atoms with van der Waals surface area (Å²) in [4.78, 5) is 7.36. The van der Waals surface area contributed by atoms with E-state index >= 15 is 0 Å². The number of aromatic hydroxyl groups is 1. The van der Waals surface area contributed by atoms with E-state index in [1.54, 1.807) is 0 Å². The van der Waals surface area contributed by atoms with E-state index in [4.69, 9.17) is 0 Å². The lowest BCUT2D eigenvalue weighted by Gasteiger charge is -1.98. The number of nitrogens with one attached hydrogen (secondary N) is 1. The third-order valence-electron chi connectivity index (χ3n) is 3.03. The molecule has 0 saturated heterocycles. The predicted octanol–water partition coefficient (Wildman–Crippen LogP) is 3.37. The highest BCUT2D eigenvalue weighted by atomic mass is 16.3. The van der Waals surface area contributed by atoms with Crippen molar-refractivity contribution in [1.82, 2.24) is 9.97 Å². The van der Waals surface area contributed by atoms with Crippen molar-refractivity contribution < 1.29 is 5.11 Å². The first kappa shape index (κ1) is 11.5. The van der Waals surface area contributed by atoms with Gasteiger partial charge in [0.15, 0.2) is 0 Å². The highest BCUT2D eigenvalue weighted by Gasteiger charge is 2.10. The van der Waals surface area contributed by atoms with Crippen LogP contribution >= 0.6 is 0 Å². The van der Waals surface area contributed by atoms with E-state index in [2.05, 4.69) is 9.97 Å². The highest BCUT2D eigenvalue weighted by Crippen LogP contribution is 2.23. The third-order valence-corrected chi connectivity index (χ3v) is 3.03. The predicted molar refractivity (Wildman–Crippen MR) is 74.9 cm³/mol. The molecule has 0 aliphatic heterocycles. The minimum absolute atomic E-state index is 0.0720. The summed E-state index contributed by atoms with van der Waals surface area (Å²) in [7, 11) is 0. The van der Waals surface area contributed by atoms with Gasteiger partial charge in [-0.05, 0) is 5.56 Å². The molecule has 3 heteroatoms. The maximum Gasteiger partial charge on any atom is 0.233 e. The van der Waals surface area contributed by atoms with E-state index < -0.39 is 0 Å². The Morgan fingerprint density at radius 2 is 1.53 bits per heavy atom. The number of aromatic nitrogens is 2. The lowest BCUT2D eigenvalue weighted by Crippen LogP contribution is -1.88. The molecule has 3 rings (SSSR count). The molecule has 1 aromatic heterocycles. The molecule has 0 spiro atoms. The van der Waals surface area contributed by atoms with Gasteiger partial charge < -0.3 is 10.1 Å². The molecule has 94 valence electrons. The van der Waals surface area contributed by atoms with Crippen molar-refractivity contribution in [1.29, 1.82) is 0 Å². The van der Waals surface area contributed by atoms with Crippen LogP contribution in [0.1, 0.15) is 11.3 Å². The molecule has 0 aliphatic rings. The Morgan fingerprint density at radius 3 is 2.21 bits per heavy atom. The van der Waals surface area contributed by atoms with Gasteiger partial charge in [0.05, 0.1) is 5.69 Å². The van der Waals surface area contributed by atoms with E-state index in [-0.39, 0.29) is 5.88 Å². The molecule has 0 unspecified atom stereocenters. The first-order valence-electron chi connectivity index (χ1n) is 6.20.